The first-order chi connectivity index (χ1) is 4.99. The number of halogens is 1. The van der Waals surface area contributed by atoms with Crippen LogP contribution in [0.15, 0.2) is 0 Å². The lowest BCUT2D eigenvalue weighted by Crippen LogP contribution is -2.04. The molecule has 0 saturated heterocycles. The molecule has 11 heavy (non-hydrogen) atoms. The first kappa shape index (κ1) is 11.5. The zero-order valence-electron chi connectivity index (χ0n) is 7.34. The van der Waals surface area contributed by atoms with E-state index in [1.807, 2.05) is 0 Å². The Balaban J connectivity index is 3.59. The maximum absolute atomic E-state index is 10.9. The third kappa shape index (κ3) is 6.86. The van der Waals surface area contributed by atoms with Crippen molar-refractivity contribution in [3.8, 4) is 0 Å². The molecule has 0 aliphatic heterocycles. The predicted octanol–water partition coefficient (Wildman–Crippen LogP) is 3.50. The van der Waals surface area contributed by atoms with Crippen LogP contribution in [0, 0.1) is 5.92 Å². The molecule has 0 spiro atoms. The SMILES string of the molecule is CCC(CC)COP(C)(=O)Cl. The van der Waals surface area contributed by atoms with Gasteiger partial charge in [0.05, 0.1) is 6.61 Å². The van der Waals surface area contributed by atoms with Gasteiger partial charge in [-0.1, -0.05) is 26.7 Å². The minimum Gasteiger partial charge on any atom is -0.317 e. The molecule has 1 atom stereocenters. The fraction of sp³-hybridized carbons (Fsp3) is 1.00. The average Bonchev–Trinajstić information content (AvgIpc) is 1.88. The fourth-order valence-electron chi connectivity index (χ4n) is 0.763. The summed E-state index contributed by atoms with van der Waals surface area (Å²) in [5, 5.41) is 0. The summed E-state index contributed by atoms with van der Waals surface area (Å²) in [6, 6.07) is 0. The lowest BCUT2D eigenvalue weighted by atomic mass is 10.1. The highest BCUT2D eigenvalue weighted by molar-refractivity contribution is 7.84. The molecule has 0 aliphatic carbocycles. The van der Waals surface area contributed by atoms with Crippen molar-refractivity contribution in [1.29, 1.82) is 0 Å². The maximum atomic E-state index is 10.9. The average molecular weight is 199 g/mol. The maximum Gasteiger partial charge on any atom is 0.287 e. The standard InChI is InChI=1S/C7H16ClO2P/c1-4-7(5-2)6-10-11(3,8)9/h7H,4-6H2,1-3H3. The Hall–Kier alpha value is 0.480. The van der Waals surface area contributed by atoms with E-state index in [9.17, 15) is 4.57 Å². The van der Waals surface area contributed by atoms with Gasteiger partial charge in [0.15, 0.2) is 0 Å². The molecule has 0 aromatic heterocycles. The van der Waals surface area contributed by atoms with Crippen LogP contribution in [0.4, 0.5) is 0 Å². The normalized spacial score (nSPS) is 16.8. The Labute approximate surface area is 73.5 Å². The molecular weight excluding hydrogens is 183 g/mol. The Morgan fingerprint density at radius 3 is 2.18 bits per heavy atom. The van der Waals surface area contributed by atoms with Gasteiger partial charge in [0.25, 0.3) is 6.72 Å². The van der Waals surface area contributed by atoms with E-state index in [0.717, 1.165) is 12.8 Å². The molecule has 4 heteroatoms. The van der Waals surface area contributed by atoms with E-state index >= 15 is 0 Å². The van der Waals surface area contributed by atoms with Crippen molar-refractivity contribution >= 4 is 18.0 Å². The molecule has 2 nitrogen and oxygen atoms in total. The summed E-state index contributed by atoms with van der Waals surface area (Å²) in [6.07, 6.45) is 2.10. The number of hydrogen-bond donors (Lipinski definition) is 0. The monoisotopic (exact) mass is 198 g/mol. The minimum atomic E-state index is -2.77. The first-order valence-corrected chi connectivity index (χ1v) is 6.89. The Kier molecular flexibility index (Phi) is 5.41. The van der Waals surface area contributed by atoms with Crippen LogP contribution >= 0.6 is 18.0 Å². The van der Waals surface area contributed by atoms with Gasteiger partial charge in [0.1, 0.15) is 0 Å². The van der Waals surface area contributed by atoms with E-state index in [1.165, 1.54) is 6.66 Å². The van der Waals surface area contributed by atoms with Gasteiger partial charge in [-0.2, -0.15) is 0 Å². The largest absolute Gasteiger partial charge is 0.317 e. The zero-order chi connectivity index (χ0) is 8.91. The molecule has 68 valence electrons. The molecule has 0 aliphatic rings. The van der Waals surface area contributed by atoms with Crippen LogP contribution in [0.1, 0.15) is 26.7 Å². The van der Waals surface area contributed by atoms with Crippen LogP contribution in [-0.2, 0) is 9.09 Å². The van der Waals surface area contributed by atoms with E-state index in [1.54, 1.807) is 0 Å². The highest BCUT2D eigenvalue weighted by Crippen LogP contribution is 2.48. The third-order valence-corrected chi connectivity index (χ3v) is 2.60. The lowest BCUT2D eigenvalue weighted by molar-refractivity contribution is 0.250. The van der Waals surface area contributed by atoms with Crippen molar-refractivity contribution < 1.29 is 9.09 Å². The van der Waals surface area contributed by atoms with E-state index in [0.29, 0.717) is 12.5 Å². The van der Waals surface area contributed by atoms with Crippen molar-refractivity contribution in [2.45, 2.75) is 26.7 Å². The van der Waals surface area contributed by atoms with Gasteiger partial charge in [-0.15, -0.1) is 0 Å². The van der Waals surface area contributed by atoms with Gasteiger partial charge in [-0.3, -0.25) is 4.57 Å². The first-order valence-electron chi connectivity index (χ1n) is 3.91. The highest BCUT2D eigenvalue weighted by Gasteiger charge is 2.13. The zero-order valence-corrected chi connectivity index (χ0v) is 8.99. The summed E-state index contributed by atoms with van der Waals surface area (Å²) < 4.78 is 15.9. The van der Waals surface area contributed by atoms with Crippen LogP contribution in [-0.4, -0.2) is 13.3 Å². The Morgan fingerprint density at radius 2 is 1.91 bits per heavy atom. The molecule has 0 aromatic rings. The molecule has 0 bridgehead atoms. The predicted molar refractivity (Wildman–Crippen MR) is 49.4 cm³/mol. The second kappa shape index (κ2) is 5.18. The molecule has 0 heterocycles. The second-order valence-electron chi connectivity index (χ2n) is 2.73. The van der Waals surface area contributed by atoms with E-state index in [-0.39, 0.29) is 0 Å². The van der Waals surface area contributed by atoms with Gasteiger partial charge in [0.2, 0.25) is 0 Å². The van der Waals surface area contributed by atoms with Gasteiger partial charge in [-0.25, -0.2) is 0 Å². The molecule has 0 aromatic carbocycles. The van der Waals surface area contributed by atoms with Crippen molar-refractivity contribution in [2.75, 3.05) is 13.3 Å². The molecule has 0 rings (SSSR count). The quantitative estimate of drug-likeness (QED) is 0.632. The molecule has 0 fully saturated rings. The van der Waals surface area contributed by atoms with Crippen LogP contribution < -0.4 is 0 Å². The van der Waals surface area contributed by atoms with Gasteiger partial charge >= 0.3 is 0 Å². The van der Waals surface area contributed by atoms with Crippen LogP contribution in [0.5, 0.6) is 0 Å². The Morgan fingerprint density at radius 1 is 1.45 bits per heavy atom. The highest BCUT2D eigenvalue weighted by atomic mass is 35.7. The van der Waals surface area contributed by atoms with Crippen LogP contribution in [0.3, 0.4) is 0 Å². The van der Waals surface area contributed by atoms with E-state index in [4.69, 9.17) is 15.8 Å². The molecule has 1 unspecified atom stereocenters. The summed E-state index contributed by atoms with van der Waals surface area (Å²) in [5.74, 6) is 0.488. The minimum absolute atomic E-state index is 0.488. The Bertz CT molecular complexity index is 139. The molecular formula is C7H16ClO2P. The fourth-order valence-corrected chi connectivity index (χ4v) is 1.41. The summed E-state index contributed by atoms with van der Waals surface area (Å²) in [7, 11) is 0. The number of hydrogen-bond acceptors (Lipinski definition) is 2. The van der Waals surface area contributed by atoms with Gasteiger partial charge < -0.3 is 4.52 Å². The summed E-state index contributed by atoms with van der Waals surface area (Å²) in [5.41, 5.74) is 0. The van der Waals surface area contributed by atoms with Crippen molar-refractivity contribution in [3.63, 3.8) is 0 Å². The summed E-state index contributed by atoms with van der Waals surface area (Å²) >= 11 is 5.42. The number of rotatable bonds is 5. The lowest BCUT2D eigenvalue weighted by Gasteiger charge is -2.13. The smallest absolute Gasteiger partial charge is 0.287 e. The molecule has 0 amide bonds. The van der Waals surface area contributed by atoms with Crippen LogP contribution in [0.2, 0.25) is 0 Å². The topological polar surface area (TPSA) is 26.3 Å². The molecule has 0 N–H and O–H groups in total. The van der Waals surface area contributed by atoms with Gasteiger partial charge in [-0.05, 0) is 17.2 Å². The summed E-state index contributed by atoms with van der Waals surface area (Å²) in [4.78, 5) is 0. The molecule has 0 saturated carbocycles. The van der Waals surface area contributed by atoms with Crippen molar-refractivity contribution in [2.24, 2.45) is 5.92 Å². The molecule has 0 radical (unpaired) electrons. The van der Waals surface area contributed by atoms with Gasteiger partial charge in [0, 0.05) is 6.66 Å². The van der Waals surface area contributed by atoms with Crippen LogP contribution in [0.25, 0.3) is 0 Å². The second-order valence-corrected chi connectivity index (χ2v) is 6.32. The van der Waals surface area contributed by atoms with Crippen molar-refractivity contribution in [1.82, 2.24) is 0 Å². The van der Waals surface area contributed by atoms with E-state index < -0.39 is 6.72 Å². The van der Waals surface area contributed by atoms with Crippen molar-refractivity contribution in [3.05, 3.63) is 0 Å². The summed E-state index contributed by atoms with van der Waals surface area (Å²) in [6.45, 7) is 3.35. The van der Waals surface area contributed by atoms with E-state index in [2.05, 4.69) is 13.8 Å². The third-order valence-electron chi connectivity index (χ3n) is 1.70.